The molecule has 0 aliphatic heterocycles. The summed E-state index contributed by atoms with van der Waals surface area (Å²) in [5, 5.41) is 8.16. The summed E-state index contributed by atoms with van der Waals surface area (Å²) in [6.45, 7) is 2.28. The molecule has 102 valence electrons. The SMILES string of the molecule is CCC1CCC(Nc2cc(Cl)nc3ncnn23)CC1. The molecule has 2 aromatic heterocycles. The van der Waals surface area contributed by atoms with Crippen LogP contribution in [0.2, 0.25) is 5.15 Å². The van der Waals surface area contributed by atoms with E-state index in [9.17, 15) is 0 Å². The fraction of sp³-hybridized carbons (Fsp3) is 0.615. The summed E-state index contributed by atoms with van der Waals surface area (Å²) >= 11 is 6.01. The van der Waals surface area contributed by atoms with Crippen molar-refractivity contribution < 1.29 is 0 Å². The van der Waals surface area contributed by atoms with Gasteiger partial charge in [-0.3, -0.25) is 0 Å². The summed E-state index contributed by atoms with van der Waals surface area (Å²) in [7, 11) is 0. The Morgan fingerprint density at radius 1 is 1.37 bits per heavy atom. The molecule has 0 atom stereocenters. The zero-order valence-electron chi connectivity index (χ0n) is 11.0. The molecule has 2 heterocycles. The summed E-state index contributed by atoms with van der Waals surface area (Å²) in [5.41, 5.74) is 0. The Balaban J connectivity index is 1.76. The molecule has 0 unspecified atom stereocenters. The Hall–Kier alpha value is -1.36. The second kappa shape index (κ2) is 5.33. The van der Waals surface area contributed by atoms with E-state index in [1.807, 2.05) is 6.07 Å². The van der Waals surface area contributed by atoms with Crippen molar-refractivity contribution in [3.8, 4) is 0 Å². The lowest BCUT2D eigenvalue weighted by atomic mass is 9.84. The summed E-state index contributed by atoms with van der Waals surface area (Å²) < 4.78 is 1.71. The van der Waals surface area contributed by atoms with Crippen molar-refractivity contribution in [3.05, 3.63) is 17.5 Å². The molecule has 0 bridgehead atoms. The van der Waals surface area contributed by atoms with Gasteiger partial charge in [0.1, 0.15) is 17.3 Å². The van der Waals surface area contributed by atoms with Gasteiger partial charge >= 0.3 is 0 Å². The predicted molar refractivity (Wildman–Crippen MR) is 75.5 cm³/mol. The van der Waals surface area contributed by atoms with Gasteiger partial charge in [0, 0.05) is 12.1 Å². The molecule has 0 aromatic carbocycles. The van der Waals surface area contributed by atoms with Crippen LogP contribution in [-0.2, 0) is 0 Å². The maximum absolute atomic E-state index is 6.01. The Labute approximate surface area is 117 Å². The van der Waals surface area contributed by atoms with Gasteiger partial charge in [-0.05, 0) is 31.6 Å². The predicted octanol–water partition coefficient (Wildman–Crippen LogP) is 3.16. The average Bonchev–Trinajstić information content (AvgIpc) is 2.88. The smallest absolute Gasteiger partial charge is 0.255 e. The number of aromatic nitrogens is 4. The first kappa shape index (κ1) is 12.7. The highest BCUT2D eigenvalue weighted by molar-refractivity contribution is 6.29. The van der Waals surface area contributed by atoms with Gasteiger partial charge in [0.2, 0.25) is 0 Å². The van der Waals surface area contributed by atoms with Crippen molar-refractivity contribution in [1.82, 2.24) is 19.6 Å². The molecule has 3 rings (SSSR count). The molecule has 1 saturated carbocycles. The van der Waals surface area contributed by atoms with Crippen LogP contribution in [-0.4, -0.2) is 25.6 Å². The van der Waals surface area contributed by atoms with E-state index in [0.29, 0.717) is 17.0 Å². The Bertz CT molecular complexity index is 559. The maximum atomic E-state index is 6.01. The second-order valence-corrected chi connectivity index (χ2v) is 5.59. The van der Waals surface area contributed by atoms with Crippen LogP contribution in [0.3, 0.4) is 0 Å². The van der Waals surface area contributed by atoms with Crippen LogP contribution in [0.15, 0.2) is 12.4 Å². The van der Waals surface area contributed by atoms with Gasteiger partial charge in [-0.15, -0.1) is 0 Å². The number of fused-ring (bicyclic) bond motifs is 1. The highest BCUT2D eigenvalue weighted by atomic mass is 35.5. The third-order valence-corrected chi connectivity index (χ3v) is 4.19. The van der Waals surface area contributed by atoms with Crippen molar-refractivity contribution in [2.75, 3.05) is 5.32 Å². The molecule has 0 saturated heterocycles. The first-order valence-electron chi connectivity index (χ1n) is 6.89. The number of anilines is 1. The molecule has 1 N–H and O–H groups in total. The largest absolute Gasteiger partial charge is 0.367 e. The fourth-order valence-electron chi connectivity index (χ4n) is 2.81. The zero-order chi connectivity index (χ0) is 13.2. The summed E-state index contributed by atoms with van der Waals surface area (Å²) in [6, 6.07) is 2.31. The van der Waals surface area contributed by atoms with E-state index in [-0.39, 0.29) is 0 Å². The molecule has 0 amide bonds. The van der Waals surface area contributed by atoms with Gasteiger partial charge < -0.3 is 5.32 Å². The van der Waals surface area contributed by atoms with Crippen LogP contribution in [0.5, 0.6) is 0 Å². The van der Waals surface area contributed by atoms with Gasteiger partial charge in [-0.25, -0.2) is 0 Å². The standard InChI is InChI=1S/C13H18ClN5/c1-2-9-3-5-10(6-4-9)17-12-7-11(14)18-13-15-8-16-19(12)13/h7-10,17H,2-6H2,1H3. The minimum absolute atomic E-state index is 0.449. The molecule has 6 heteroatoms. The van der Waals surface area contributed by atoms with Gasteiger partial charge in [-0.1, -0.05) is 24.9 Å². The molecule has 1 fully saturated rings. The number of rotatable bonds is 3. The van der Waals surface area contributed by atoms with E-state index in [1.165, 1.54) is 38.4 Å². The van der Waals surface area contributed by atoms with Gasteiger partial charge in [0.05, 0.1) is 0 Å². The number of halogens is 1. The van der Waals surface area contributed by atoms with Crippen molar-refractivity contribution >= 4 is 23.2 Å². The van der Waals surface area contributed by atoms with Gasteiger partial charge in [0.15, 0.2) is 0 Å². The monoisotopic (exact) mass is 279 g/mol. The van der Waals surface area contributed by atoms with E-state index in [4.69, 9.17) is 11.6 Å². The van der Waals surface area contributed by atoms with Crippen LogP contribution in [0.4, 0.5) is 5.82 Å². The summed E-state index contributed by atoms with van der Waals surface area (Å²) in [6.07, 6.45) is 7.79. The molecule has 1 aliphatic carbocycles. The van der Waals surface area contributed by atoms with E-state index < -0.39 is 0 Å². The first-order valence-corrected chi connectivity index (χ1v) is 7.27. The lowest BCUT2D eigenvalue weighted by molar-refractivity contribution is 0.329. The highest BCUT2D eigenvalue weighted by Gasteiger charge is 2.20. The van der Waals surface area contributed by atoms with Crippen molar-refractivity contribution in [3.63, 3.8) is 0 Å². The molecule has 19 heavy (non-hydrogen) atoms. The Morgan fingerprint density at radius 2 is 2.16 bits per heavy atom. The lowest BCUT2D eigenvalue weighted by Crippen LogP contribution is -2.27. The number of nitrogens with zero attached hydrogens (tertiary/aromatic N) is 4. The van der Waals surface area contributed by atoms with E-state index in [0.717, 1.165) is 11.7 Å². The minimum atomic E-state index is 0.449. The zero-order valence-corrected chi connectivity index (χ0v) is 11.8. The highest BCUT2D eigenvalue weighted by Crippen LogP contribution is 2.28. The molecule has 0 radical (unpaired) electrons. The van der Waals surface area contributed by atoms with Gasteiger partial charge in [-0.2, -0.15) is 19.6 Å². The average molecular weight is 280 g/mol. The summed E-state index contributed by atoms with van der Waals surface area (Å²) in [4.78, 5) is 8.20. The Kier molecular flexibility index (Phi) is 3.55. The van der Waals surface area contributed by atoms with Crippen molar-refractivity contribution in [2.45, 2.75) is 45.1 Å². The summed E-state index contributed by atoms with van der Waals surface area (Å²) in [5.74, 6) is 2.31. The van der Waals surface area contributed by atoms with Crippen LogP contribution < -0.4 is 5.32 Å². The molecular formula is C13H18ClN5. The topological polar surface area (TPSA) is 55.1 Å². The van der Waals surface area contributed by atoms with Crippen LogP contribution in [0, 0.1) is 5.92 Å². The van der Waals surface area contributed by atoms with E-state index >= 15 is 0 Å². The number of hydrogen-bond donors (Lipinski definition) is 1. The molecule has 2 aromatic rings. The second-order valence-electron chi connectivity index (χ2n) is 5.21. The minimum Gasteiger partial charge on any atom is -0.367 e. The van der Waals surface area contributed by atoms with Crippen LogP contribution in [0.1, 0.15) is 39.0 Å². The van der Waals surface area contributed by atoms with Crippen LogP contribution in [0.25, 0.3) is 5.78 Å². The molecular weight excluding hydrogens is 262 g/mol. The maximum Gasteiger partial charge on any atom is 0.255 e. The quantitative estimate of drug-likeness (QED) is 0.877. The van der Waals surface area contributed by atoms with E-state index in [1.54, 1.807) is 4.52 Å². The van der Waals surface area contributed by atoms with E-state index in [2.05, 4.69) is 27.3 Å². The third-order valence-electron chi connectivity index (χ3n) is 4.00. The first-order chi connectivity index (χ1) is 9.26. The normalized spacial score (nSPS) is 23.7. The van der Waals surface area contributed by atoms with Crippen molar-refractivity contribution in [1.29, 1.82) is 0 Å². The number of nitrogens with one attached hydrogen (secondary N) is 1. The van der Waals surface area contributed by atoms with Crippen LogP contribution >= 0.6 is 11.6 Å². The molecule has 1 aliphatic rings. The fourth-order valence-corrected chi connectivity index (χ4v) is 2.99. The lowest BCUT2D eigenvalue weighted by Gasteiger charge is -2.29. The third kappa shape index (κ3) is 2.66. The molecule has 0 spiro atoms. The molecule has 5 nitrogen and oxygen atoms in total. The van der Waals surface area contributed by atoms with Crippen molar-refractivity contribution in [2.24, 2.45) is 5.92 Å². The number of hydrogen-bond acceptors (Lipinski definition) is 4. The Morgan fingerprint density at radius 3 is 2.89 bits per heavy atom. The van der Waals surface area contributed by atoms with Gasteiger partial charge in [0.25, 0.3) is 5.78 Å².